The maximum absolute atomic E-state index is 12.8. The molecule has 2 aromatic carbocycles. The SMILES string of the molecule is CC(c1ccc(CSc2nc3cc(S(N)(=O)=O)ccc3n2C)cc1)C(F)(F)F. The van der Waals surface area contributed by atoms with Gasteiger partial charge in [0.2, 0.25) is 10.0 Å². The second-order valence-corrected chi connectivity index (χ2v) is 8.95. The van der Waals surface area contributed by atoms with Crippen LogP contribution < -0.4 is 5.14 Å². The second-order valence-electron chi connectivity index (χ2n) is 6.44. The monoisotopic (exact) mass is 429 g/mol. The topological polar surface area (TPSA) is 78.0 Å². The van der Waals surface area contributed by atoms with E-state index >= 15 is 0 Å². The van der Waals surface area contributed by atoms with E-state index < -0.39 is 22.1 Å². The lowest BCUT2D eigenvalue weighted by molar-refractivity contribution is -0.146. The van der Waals surface area contributed by atoms with Gasteiger partial charge in [-0.25, -0.2) is 18.5 Å². The van der Waals surface area contributed by atoms with Crippen molar-refractivity contribution in [3.8, 4) is 0 Å². The molecule has 0 amide bonds. The summed E-state index contributed by atoms with van der Waals surface area (Å²) in [4.78, 5) is 4.43. The maximum Gasteiger partial charge on any atom is 0.395 e. The van der Waals surface area contributed by atoms with E-state index in [-0.39, 0.29) is 10.5 Å². The Morgan fingerprint density at radius 1 is 1.18 bits per heavy atom. The molecule has 5 nitrogen and oxygen atoms in total. The number of alkyl halides is 3. The molecule has 2 N–H and O–H groups in total. The molecule has 3 rings (SSSR count). The highest BCUT2D eigenvalue weighted by Gasteiger charge is 2.36. The molecule has 0 spiro atoms. The molecule has 0 aliphatic rings. The Morgan fingerprint density at radius 3 is 2.39 bits per heavy atom. The molecule has 150 valence electrons. The lowest BCUT2D eigenvalue weighted by Crippen LogP contribution is -2.17. The molecular formula is C18H18F3N3O2S2. The molecule has 0 radical (unpaired) electrons. The number of nitrogens with two attached hydrogens (primary N) is 1. The van der Waals surface area contributed by atoms with Gasteiger partial charge in [0, 0.05) is 12.8 Å². The normalized spacial score (nSPS) is 13.8. The van der Waals surface area contributed by atoms with Crippen LogP contribution in [0.5, 0.6) is 0 Å². The summed E-state index contributed by atoms with van der Waals surface area (Å²) in [5.41, 5.74) is 2.34. The number of imidazole rings is 1. The van der Waals surface area contributed by atoms with Gasteiger partial charge in [-0.15, -0.1) is 0 Å². The number of primary sulfonamides is 1. The van der Waals surface area contributed by atoms with Gasteiger partial charge >= 0.3 is 6.18 Å². The van der Waals surface area contributed by atoms with Crippen molar-refractivity contribution in [2.45, 2.75) is 34.8 Å². The van der Waals surface area contributed by atoms with Crippen molar-refractivity contribution < 1.29 is 21.6 Å². The van der Waals surface area contributed by atoms with Crippen molar-refractivity contribution in [2.24, 2.45) is 12.2 Å². The van der Waals surface area contributed by atoms with Crippen LogP contribution >= 0.6 is 11.8 Å². The van der Waals surface area contributed by atoms with E-state index in [0.29, 0.717) is 16.4 Å². The molecule has 1 atom stereocenters. The average Bonchev–Trinajstić information content (AvgIpc) is 2.94. The van der Waals surface area contributed by atoms with Crippen LogP contribution in [0, 0.1) is 0 Å². The predicted octanol–water partition coefficient (Wildman–Crippen LogP) is 4.18. The fourth-order valence-electron chi connectivity index (χ4n) is 2.70. The Hall–Kier alpha value is -2.04. The van der Waals surface area contributed by atoms with Gasteiger partial charge in [-0.1, -0.05) is 36.0 Å². The van der Waals surface area contributed by atoms with E-state index in [4.69, 9.17) is 5.14 Å². The Kier molecular flexibility index (Phi) is 5.48. The fraction of sp³-hybridized carbons (Fsp3) is 0.278. The van der Waals surface area contributed by atoms with Gasteiger partial charge in [-0.3, -0.25) is 0 Å². The van der Waals surface area contributed by atoms with E-state index in [1.807, 2.05) is 11.6 Å². The number of aryl methyl sites for hydroxylation is 1. The van der Waals surface area contributed by atoms with E-state index in [9.17, 15) is 21.6 Å². The highest BCUT2D eigenvalue weighted by molar-refractivity contribution is 7.98. The molecule has 0 fully saturated rings. The third kappa shape index (κ3) is 4.34. The fourth-order valence-corrected chi connectivity index (χ4v) is 4.18. The van der Waals surface area contributed by atoms with Gasteiger partial charge in [0.1, 0.15) is 0 Å². The number of aromatic nitrogens is 2. The van der Waals surface area contributed by atoms with Crippen molar-refractivity contribution >= 4 is 32.8 Å². The molecule has 0 aliphatic heterocycles. The first-order valence-corrected chi connectivity index (χ1v) is 10.8. The van der Waals surface area contributed by atoms with Crippen molar-refractivity contribution in [1.29, 1.82) is 0 Å². The lowest BCUT2D eigenvalue weighted by atomic mass is 10.00. The third-order valence-corrected chi connectivity index (χ3v) is 6.49. The molecule has 1 heterocycles. The Balaban J connectivity index is 1.77. The zero-order chi connectivity index (χ0) is 20.7. The molecule has 1 aromatic heterocycles. The van der Waals surface area contributed by atoms with Crippen molar-refractivity contribution in [3.63, 3.8) is 0 Å². The van der Waals surface area contributed by atoms with E-state index in [0.717, 1.165) is 18.0 Å². The van der Waals surface area contributed by atoms with Crippen LogP contribution in [0.25, 0.3) is 11.0 Å². The number of thioether (sulfide) groups is 1. The molecular weight excluding hydrogens is 411 g/mol. The Bertz CT molecular complexity index is 1110. The van der Waals surface area contributed by atoms with Crippen LogP contribution in [0.2, 0.25) is 0 Å². The third-order valence-electron chi connectivity index (χ3n) is 4.48. The summed E-state index contributed by atoms with van der Waals surface area (Å²) in [7, 11) is -2.00. The Morgan fingerprint density at radius 2 is 1.82 bits per heavy atom. The van der Waals surface area contributed by atoms with Crippen molar-refractivity contribution in [3.05, 3.63) is 53.6 Å². The minimum atomic E-state index is -4.26. The molecule has 28 heavy (non-hydrogen) atoms. The summed E-state index contributed by atoms with van der Waals surface area (Å²) in [6, 6.07) is 10.8. The summed E-state index contributed by atoms with van der Waals surface area (Å²) in [5.74, 6) is -0.998. The number of sulfonamides is 1. The first kappa shape index (κ1) is 20.7. The number of nitrogens with zero attached hydrogens (tertiary/aromatic N) is 2. The summed E-state index contributed by atoms with van der Waals surface area (Å²) < 4.78 is 63.2. The minimum absolute atomic E-state index is 0.0102. The number of hydrogen-bond acceptors (Lipinski definition) is 4. The van der Waals surface area contributed by atoms with Crippen molar-refractivity contribution in [1.82, 2.24) is 9.55 Å². The van der Waals surface area contributed by atoms with E-state index in [1.165, 1.54) is 36.0 Å². The van der Waals surface area contributed by atoms with Crippen LogP contribution in [0.3, 0.4) is 0 Å². The number of fused-ring (bicyclic) bond motifs is 1. The number of benzene rings is 2. The molecule has 0 aliphatic carbocycles. The second kappa shape index (κ2) is 7.41. The lowest BCUT2D eigenvalue weighted by Gasteiger charge is -2.16. The van der Waals surface area contributed by atoms with Gasteiger partial charge in [0.15, 0.2) is 5.16 Å². The zero-order valence-corrected chi connectivity index (χ0v) is 16.7. The van der Waals surface area contributed by atoms with Crippen molar-refractivity contribution in [2.75, 3.05) is 0 Å². The molecule has 0 saturated carbocycles. The van der Waals surface area contributed by atoms with Crippen LogP contribution in [-0.2, 0) is 22.8 Å². The highest BCUT2D eigenvalue weighted by Crippen LogP contribution is 2.34. The zero-order valence-electron chi connectivity index (χ0n) is 15.1. The van der Waals surface area contributed by atoms with Crippen LogP contribution in [0.15, 0.2) is 52.5 Å². The van der Waals surface area contributed by atoms with Gasteiger partial charge in [0.25, 0.3) is 0 Å². The molecule has 10 heteroatoms. The van der Waals surface area contributed by atoms with Crippen LogP contribution in [-0.4, -0.2) is 24.1 Å². The molecule has 0 saturated heterocycles. The van der Waals surface area contributed by atoms with Gasteiger partial charge in [-0.05, 0) is 36.2 Å². The molecule has 0 bridgehead atoms. The number of rotatable bonds is 5. The summed E-state index contributed by atoms with van der Waals surface area (Å²) in [6.07, 6.45) is -4.26. The average molecular weight is 429 g/mol. The maximum atomic E-state index is 12.8. The van der Waals surface area contributed by atoms with Crippen LogP contribution in [0.1, 0.15) is 24.0 Å². The first-order chi connectivity index (χ1) is 13.0. The van der Waals surface area contributed by atoms with Gasteiger partial charge in [0.05, 0.1) is 21.8 Å². The summed E-state index contributed by atoms with van der Waals surface area (Å²) in [5, 5.41) is 5.81. The predicted molar refractivity (Wildman–Crippen MR) is 103 cm³/mol. The first-order valence-electron chi connectivity index (χ1n) is 8.24. The van der Waals surface area contributed by atoms with Gasteiger partial charge < -0.3 is 4.57 Å². The summed E-state index contributed by atoms with van der Waals surface area (Å²) >= 11 is 1.41. The largest absolute Gasteiger partial charge is 0.395 e. The molecule has 1 unspecified atom stereocenters. The highest BCUT2D eigenvalue weighted by atomic mass is 32.2. The molecule has 3 aromatic rings. The minimum Gasteiger partial charge on any atom is -0.322 e. The van der Waals surface area contributed by atoms with E-state index in [2.05, 4.69) is 4.98 Å². The van der Waals surface area contributed by atoms with E-state index in [1.54, 1.807) is 18.2 Å². The Labute approximate surface area is 164 Å². The van der Waals surface area contributed by atoms with Crippen LogP contribution in [0.4, 0.5) is 13.2 Å². The number of hydrogen-bond donors (Lipinski definition) is 1. The number of halogens is 3. The smallest absolute Gasteiger partial charge is 0.322 e. The standard InChI is InChI=1S/C18H18F3N3O2S2/c1-11(18(19,20)21)13-5-3-12(4-6-13)10-27-17-23-15-9-14(28(22,25)26)7-8-16(15)24(17)2/h3-9,11H,10H2,1-2H3,(H2,22,25,26). The van der Waals surface area contributed by atoms with Gasteiger partial charge in [-0.2, -0.15) is 13.2 Å². The quantitative estimate of drug-likeness (QED) is 0.617. The summed E-state index contributed by atoms with van der Waals surface area (Å²) in [6.45, 7) is 1.14.